The van der Waals surface area contributed by atoms with Crippen LogP contribution in [0.25, 0.3) is 11.1 Å². The van der Waals surface area contributed by atoms with Gasteiger partial charge in [-0.15, -0.1) is 0 Å². The molecule has 1 aliphatic carbocycles. The molecule has 0 heterocycles. The number of allylic oxidation sites excluding steroid dienone is 7. The highest BCUT2D eigenvalue weighted by molar-refractivity contribution is 6.30. The van der Waals surface area contributed by atoms with Crippen molar-refractivity contribution in [3.05, 3.63) is 148 Å². The normalized spacial score (nSPS) is 15.6. The molecule has 0 N–H and O–H groups in total. The molecule has 188 valence electrons. The first-order valence-electron chi connectivity index (χ1n) is 12.3. The van der Waals surface area contributed by atoms with Gasteiger partial charge in [0.05, 0.1) is 0 Å². The third kappa shape index (κ3) is 6.93. The second-order valence-corrected chi connectivity index (χ2v) is 10.3. The van der Waals surface area contributed by atoms with Crippen LogP contribution in [0, 0.1) is 0 Å². The average molecular weight is 528 g/mol. The van der Waals surface area contributed by atoms with Crippen LogP contribution in [0.1, 0.15) is 16.7 Å². The van der Waals surface area contributed by atoms with E-state index in [1.807, 2.05) is 38.4 Å². The van der Waals surface area contributed by atoms with Crippen LogP contribution in [0.2, 0.25) is 10.0 Å². The minimum Gasteiger partial charge on any atom is -0.378 e. The van der Waals surface area contributed by atoms with Crippen molar-refractivity contribution < 1.29 is 0 Å². The summed E-state index contributed by atoms with van der Waals surface area (Å²) in [5.74, 6) is 0. The standard InChI is InChI=1S/C33H32Cl2N2/c1-36(2)30-20-12-26(13-21-30)32(24-8-16-28(34)17-9-24)6-5-7-33(25-10-18-29(35)19-11-25)27-14-22-31(23-15-27)37(3)4/h5-23,30H,1-4H3/b6-5+,32-26?,33-7+. The molecule has 0 aliphatic heterocycles. The van der Waals surface area contributed by atoms with Gasteiger partial charge in [-0.05, 0) is 83.9 Å². The highest BCUT2D eigenvalue weighted by atomic mass is 35.5. The summed E-state index contributed by atoms with van der Waals surface area (Å²) >= 11 is 12.4. The number of likely N-dealkylation sites (N-methyl/N-ethyl adjacent to an activating group) is 1. The molecule has 4 heteroatoms. The maximum Gasteiger partial charge on any atom is 0.0462 e. The number of anilines is 1. The van der Waals surface area contributed by atoms with E-state index in [2.05, 4.69) is 115 Å². The van der Waals surface area contributed by atoms with E-state index in [4.69, 9.17) is 23.2 Å². The number of benzene rings is 3. The van der Waals surface area contributed by atoms with Crippen LogP contribution < -0.4 is 4.90 Å². The Morgan fingerprint density at radius 3 is 1.65 bits per heavy atom. The molecule has 3 aromatic rings. The predicted molar refractivity (Wildman–Crippen MR) is 163 cm³/mol. The van der Waals surface area contributed by atoms with Crippen molar-refractivity contribution in [2.75, 3.05) is 33.1 Å². The smallest absolute Gasteiger partial charge is 0.0462 e. The molecule has 0 fully saturated rings. The van der Waals surface area contributed by atoms with E-state index in [0.29, 0.717) is 6.04 Å². The summed E-state index contributed by atoms with van der Waals surface area (Å²) in [4.78, 5) is 4.29. The molecule has 0 amide bonds. The Bertz CT molecular complexity index is 1340. The molecule has 0 spiro atoms. The van der Waals surface area contributed by atoms with Crippen LogP contribution in [0.15, 0.2) is 121 Å². The quantitative estimate of drug-likeness (QED) is 0.284. The van der Waals surface area contributed by atoms with Gasteiger partial charge in [0.15, 0.2) is 0 Å². The van der Waals surface area contributed by atoms with Gasteiger partial charge in [-0.25, -0.2) is 0 Å². The van der Waals surface area contributed by atoms with E-state index in [-0.39, 0.29) is 0 Å². The zero-order valence-corrected chi connectivity index (χ0v) is 23.2. The van der Waals surface area contributed by atoms with Crippen molar-refractivity contribution in [3.63, 3.8) is 0 Å². The fourth-order valence-corrected chi connectivity index (χ4v) is 4.46. The Kier molecular flexibility index (Phi) is 8.89. The van der Waals surface area contributed by atoms with Crippen LogP contribution in [0.4, 0.5) is 5.69 Å². The Morgan fingerprint density at radius 2 is 1.16 bits per heavy atom. The molecular formula is C33H32Cl2N2. The molecular weight excluding hydrogens is 495 g/mol. The minimum atomic E-state index is 0.292. The van der Waals surface area contributed by atoms with Crippen LogP contribution in [0.5, 0.6) is 0 Å². The van der Waals surface area contributed by atoms with E-state index < -0.39 is 0 Å². The van der Waals surface area contributed by atoms with Gasteiger partial charge in [0.1, 0.15) is 0 Å². The third-order valence-corrected chi connectivity index (χ3v) is 6.89. The molecule has 3 aromatic carbocycles. The number of hydrogen-bond acceptors (Lipinski definition) is 2. The van der Waals surface area contributed by atoms with E-state index in [1.165, 1.54) is 0 Å². The second kappa shape index (κ2) is 12.3. The molecule has 0 atom stereocenters. The fraction of sp³-hybridized carbons (Fsp3) is 0.152. The van der Waals surface area contributed by atoms with Crippen molar-refractivity contribution in [3.8, 4) is 0 Å². The van der Waals surface area contributed by atoms with Gasteiger partial charge in [0, 0.05) is 35.9 Å². The summed E-state index contributed by atoms with van der Waals surface area (Å²) in [6.07, 6.45) is 15.3. The summed E-state index contributed by atoms with van der Waals surface area (Å²) in [5, 5.41) is 1.45. The van der Waals surface area contributed by atoms with Gasteiger partial charge in [0.25, 0.3) is 0 Å². The lowest BCUT2D eigenvalue weighted by atomic mass is 9.94. The molecule has 37 heavy (non-hydrogen) atoms. The third-order valence-electron chi connectivity index (χ3n) is 6.38. The predicted octanol–water partition coefficient (Wildman–Crippen LogP) is 8.56. The molecule has 0 unspecified atom stereocenters. The minimum absolute atomic E-state index is 0.292. The van der Waals surface area contributed by atoms with Crippen LogP contribution in [0.3, 0.4) is 0 Å². The lowest BCUT2D eigenvalue weighted by Crippen LogP contribution is -2.24. The van der Waals surface area contributed by atoms with Gasteiger partial charge in [-0.3, -0.25) is 4.90 Å². The highest BCUT2D eigenvalue weighted by Gasteiger charge is 2.11. The first kappa shape index (κ1) is 26.8. The number of hydrogen-bond donors (Lipinski definition) is 0. The van der Waals surface area contributed by atoms with Gasteiger partial charge < -0.3 is 4.90 Å². The van der Waals surface area contributed by atoms with Gasteiger partial charge in [0.2, 0.25) is 0 Å². The van der Waals surface area contributed by atoms with Crippen molar-refractivity contribution in [2.45, 2.75) is 6.04 Å². The Hall–Kier alpha value is -3.30. The fourth-order valence-electron chi connectivity index (χ4n) is 4.20. The lowest BCUT2D eigenvalue weighted by molar-refractivity contribution is 0.390. The lowest BCUT2D eigenvalue weighted by Gasteiger charge is -2.20. The topological polar surface area (TPSA) is 6.48 Å². The first-order chi connectivity index (χ1) is 17.8. The zero-order valence-electron chi connectivity index (χ0n) is 21.7. The molecule has 0 aromatic heterocycles. The molecule has 2 nitrogen and oxygen atoms in total. The van der Waals surface area contributed by atoms with Crippen molar-refractivity contribution in [2.24, 2.45) is 0 Å². The summed E-state index contributed by atoms with van der Waals surface area (Å²) in [6.45, 7) is 0. The van der Waals surface area contributed by atoms with E-state index in [1.54, 1.807) is 0 Å². The largest absolute Gasteiger partial charge is 0.378 e. The van der Waals surface area contributed by atoms with Gasteiger partial charge >= 0.3 is 0 Å². The van der Waals surface area contributed by atoms with Crippen molar-refractivity contribution in [1.29, 1.82) is 0 Å². The Labute approximate surface area is 231 Å². The molecule has 0 saturated heterocycles. The molecule has 1 aliphatic rings. The van der Waals surface area contributed by atoms with E-state index in [9.17, 15) is 0 Å². The maximum absolute atomic E-state index is 6.19. The van der Waals surface area contributed by atoms with E-state index >= 15 is 0 Å². The highest BCUT2D eigenvalue weighted by Crippen LogP contribution is 2.29. The number of halogens is 2. The van der Waals surface area contributed by atoms with Crippen molar-refractivity contribution in [1.82, 2.24) is 4.90 Å². The summed E-state index contributed by atoms with van der Waals surface area (Å²) in [7, 11) is 8.27. The first-order valence-corrected chi connectivity index (χ1v) is 13.0. The second-order valence-electron chi connectivity index (χ2n) is 9.44. The monoisotopic (exact) mass is 526 g/mol. The SMILES string of the molecule is CN(C)c1ccc(/C(=C/C=C/C(=C2C=CC(N(C)C)C=C2)c2ccc(Cl)cc2)c2ccc(Cl)cc2)cc1. The molecule has 0 radical (unpaired) electrons. The number of nitrogens with zero attached hydrogens (tertiary/aromatic N) is 2. The van der Waals surface area contributed by atoms with Crippen LogP contribution in [-0.4, -0.2) is 39.1 Å². The van der Waals surface area contributed by atoms with E-state index in [0.717, 1.165) is 49.1 Å². The van der Waals surface area contributed by atoms with Crippen molar-refractivity contribution >= 4 is 40.0 Å². The van der Waals surface area contributed by atoms with Gasteiger partial charge in [-0.2, -0.15) is 0 Å². The molecule has 4 rings (SSSR count). The Morgan fingerprint density at radius 1 is 0.676 bits per heavy atom. The molecule has 0 saturated carbocycles. The summed E-state index contributed by atoms with van der Waals surface area (Å²) in [5.41, 5.74) is 7.95. The molecule has 0 bridgehead atoms. The number of rotatable bonds is 7. The average Bonchev–Trinajstić information content (AvgIpc) is 2.90. The Balaban J connectivity index is 1.76. The summed E-state index contributed by atoms with van der Waals surface area (Å²) < 4.78 is 0. The maximum atomic E-state index is 6.19. The van der Waals surface area contributed by atoms with Crippen LogP contribution in [-0.2, 0) is 0 Å². The summed E-state index contributed by atoms with van der Waals surface area (Å²) in [6, 6.07) is 24.9. The zero-order chi connectivity index (χ0) is 26.4. The van der Waals surface area contributed by atoms with Gasteiger partial charge in [-0.1, -0.05) is 102 Å². The van der Waals surface area contributed by atoms with Crippen LogP contribution >= 0.6 is 23.2 Å².